The van der Waals surface area contributed by atoms with E-state index in [9.17, 15) is 4.79 Å². The third kappa shape index (κ3) is 10.3. The van der Waals surface area contributed by atoms with Crippen molar-refractivity contribution < 1.29 is 14.3 Å². The zero-order valence-corrected chi connectivity index (χ0v) is 30.8. The van der Waals surface area contributed by atoms with Gasteiger partial charge in [0.15, 0.2) is 0 Å². The number of carbonyl (C=O) groups is 1. The second-order valence-electron chi connectivity index (χ2n) is 14.6. The van der Waals surface area contributed by atoms with E-state index in [1.54, 1.807) is 0 Å². The third-order valence-corrected chi connectivity index (χ3v) is 11.2. The molecule has 0 N–H and O–H groups in total. The van der Waals surface area contributed by atoms with Gasteiger partial charge in [0.25, 0.3) is 0 Å². The summed E-state index contributed by atoms with van der Waals surface area (Å²) in [5.41, 5.74) is 1.89. The maximum absolute atomic E-state index is 14.3. The molecule has 2 saturated carbocycles. The molecule has 2 heterocycles. The van der Waals surface area contributed by atoms with Crippen LogP contribution in [0.2, 0.25) is 0 Å². The van der Waals surface area contributed by atoms with Crippen molar-refractivity contribution >= 4 is 6.16 Å². The highest BCUT2D eigenvalue weighted by atomic mass is 16.7. The van der Waals surface area contributed by atoms with Gasteiger partial charge in [-0.15, -0.1) is 0 Å². The third-order valence-electron chi connectivity index (χ3n) is 11.2. The Labute approximate surface area is 292 Å². The van der Waals surface area contributed by atoms with E-state index >= 15 is 0 Å². The van der Waals surface area contributed by atoms with Crippen LogP contribution in [0.1, 0.15) is 142 Å². The molecule has 0 bridgehead atoms. The predicted octanol–water partition coefficient (Wildman–Crippen LogP) is 9.58. The van der Waals surface area contributed by atoms with Crippen LogP contribution < -0.4 is 0 Å². The van der Waals surface area contributed by atoms with E-state index in [-0.39, 0.29) is 23.3 Å². The number of ether oxygens (including phenoxy) is 2. The lowest BCUT2D eigenvalue weighted by atomic mass is 9.73. The SMILES string of the molecule is CCCCN(CCCC)C1(Cc2cccnc2)CCCCC1OC(=O)OC1CCCCC1(Cc1cccnc1)N(CCCC)CCCC. The van der Waals surface area contributed by atoms with Crippen molar-refractivity contribution in [2.75, 3.05) is 26.2 Å². The van der Waals surface area contributed by atoms with Gasteiger partial charge in [-0.1, -0.05) is 78.4 Å². The first-order chi connectivity index (χ1) is 23.5. The molecule has 48 heavy (non-hydrogen) atoms. The number of carbonyl (C=O) groups excluding carboxylic acids is 1. The fourth-order valence-corrected chi connectivity index (χ4v) is 8.55. The molecule has 4 rings (SSSR count). The topological polar surface area (TPSA) is 67.8 Å². The van der Waals surface area contributed by atoms with Gasteiger partial charge in [-0.3, -0.25) is 19.8 Å². The molecule has 2 aromatic heterocycles. The van der Waals surface area contributed by atoms with Crippen LogP contribution in [0.25, 0.3) is 0 Å². The zero-order valence-electron chi connectivity index (χ0n) is 30.8. The summed E-state index contributed by atoms with van der Waals surface area (Å²) in [7, 11) is 0. The first-order valence-electron chi connectivity index (χ1n) is 19.7. The van der Waals surface area contributed by atoms with Crippen LogP contribution in [0.3, 0.4) is 0 Å². The Morgan fingerprint density at radius 1 is 0.667 bits per heavy atom. The molecular formula is C41H66N4O3. The number of pyridine rings is 2. The number of rotatable bonds is 20. The van der Waals surface area contributed by atoms with E-state index in [1.807, 2.05) is 36.9 Å². The lowest BCUT2D eigenvalue weighted by molar-refractivity contribution is -0.119. The van der Waals surface area contributed by atoms with Crippen molar-refractivity contribution in [3.05, 3.63) is 60.2 Å². The van der Waals surface area contributed by atoms with Gasteiger partial charge in [-0.2, -0.15) is 0 Å². The van der Waals surface area contributed by atoms with Crippen molar-refractivity contribution in [2.45, 2.75) is 167 Å². The average Bonchev–Trinajstić information content (AvgIpc) is 3.11. The Kier molecular flexibility index (Phi) is 16.1. The van der Waals surface area contributed by atoms with Crippen LogP contribution in [0.4, 0.5) is 4.79 Å². The van der Waals surface area contributed by atoms with Crippen LogP contribution in [0.5, 0.6) is 0 Å². The van der Waals surface area contributed by atoms with Gasteiger partial charge in [0, 0.05) is 24.8 Å². The second kappa shape index (κ2) is 20.2. The second-order valence-corrected chi connectivity index (χ2v) is 14.6. The minimum atomic E-state index is -0.475. The van der Waals surface area contributed by atoms with Crippen LogP contribution in [-0.4, -0.2) is 75.4 Å². The molecule has 0 aromatic carbocycles. The summed E-state index contributed by atoms with van der Waals surface area (Å²) in [6.07, 6.45) is 25.8. The van der Waals surface area contributed by atoms with Gasteiger partial charge in [-0.05, 0) is 126 Å². The van der Waals surface area contributed by atoms with Crippen LogP contribution in [0.15, 0.2) is 49.1 Å². The highest BCUT2D eigenvalue weighted by Gasteiger charge is 2.50. The van der Waals surface area contributed by atoms with Crippen molar-refractivity contribution in [3.63, 3.8) is 0 Å². The van der Waals surface area contributed by atoms with E-state index in [4.69, 9.17) is 9.47 Å². The smallest absolute Gasteiger partial charge is 0.429 e. The highest BCUT2D eigenvalue weighted by molar-refractivity contribution is 5.61. The van der Waals surface area contributed by atoms with Gasteiger partial charge >= 0.3 is 6.16 Å². The van der Waals surface area contributed by atoms with Crippen LogP contribution in [0, 0.1) is 0 Å². The zero-order chi connectivity index (χ0) is 34.1. The minimum Gasteiger partial charge on any atom is -0.429 e. The molecule has 7 nitrogen and oxygen atoms in total. The molecular weight excluding hydrogens is 596 g/mol. The highest BCUT2D eigenvalue weighted by Crippen LogP contribution is 2.42. The molecule has 4 unspecified atom stereocenters. The molecule has 2 aliphatic carbocycles. The fraction of sp³-hybridized carbons (Fsp3) is 0.732. The maximum atomic E-state index is 14.3. The molecule has 0 radical (unpaired) electrons. The van der Waals surface area contributed by atoms with Crippen molar-refractivity contribution in [1.82, 2.24) is 19.8 Å². The summed E-state index contributed by atoms with van der Waals surface area (Å²) in [6, 6.07) is 8.44. The molecule has 2 fully saturated rings. The van der Waals surface area contributed by atoms with Gasteiger partial charge in [0.1, 0.15) is 12.2 Å². The van der Waals surface area contributed by atoms with Crippen molar-refractivity contribution in [3.8, 4) is 0 Å². The van der Waals surface area contributed by atoms with E-state index in [2.05, 4.69) is 59.6 Å². The Bertz CT molecular complexity index is 1060. The number of hydrogen-bond donors (Lipinski definition) is 0. The summed E-state index contributed by atoms with van der Waals surface area (Å²) < 4.78 is 13.3. The van der Waals surface area contributed by atoms with Gasteiger partial charge in [0.05, 0.1) is 11.1 Å². The van der Waals surface area contributed by atoms with Crippen molar-refractivity contribution in [2.24, 2.45) is 0 Å². The Morgan fingerprint density at radius 3 is 1.40 bits per heavy atom. The summed E-state index contributed by atoms with van der Waals surface area (Å²) in [5.74, 6) is 0. The average molecular weight is 663 g/mol. The molecule has 268 valence electrons. The lowest BCUT2D eigenvalue weighted by Crippen LogP contribution is -2.63. The monoisotopic (exact) mass is 663 g/mol. The van der Waals surface area contributed by atoms with E-state index in [0.717, 1.165) is 142 Å². The first kappa shape index (κ1) is 38.3. The Balaban J connectivity index is 1.65. The minimum absolute atomic E-state index is 0.222. The first-order valence-corrected chi connectivity index (χ1v) is 19.7. The standard InChI is InChI=1S/C41H66N4O3/c1-5-9-27-44(28-10-6-2)40(31-35-19-17-25-42-33-35)23-15-13-21-37(40)47-39(46)48-38-22-14-16-24-41(38,32-36-20-18-26-43-34-36)45(29-11-7-3)30-12-8-4/h17-20,25-26,33-34,37-38H,5-16,21-24,27-32H2,1-4H3. The van der Waals surface area contributed by atoms with Gasteiger partial charge in [0.2, 0.25) is 0 Å². The number of nitrogens with zero attached hydrogens (tertiary/aromatic N) is 4. The number of unbranched alkanes of at least 4 members (excludes halogenated alkanes) is 4. The molecule has 0 saturated heterocycles. The lowest BCUT2D eigenvalue weighted by Gasteiger charge is -2.52. The van der Waals surface area contributed by atoms with Gasteiger partial charge < -0.3 is 9.47 Å². The normalized spacial score (nSPS) is 24.5. The number of hydrogen-bond acceptors (Lipinski definition) is 7. The summed E-state index contributed by atoms with van der Waals surface area (Å²) in [6.45, 7) is 13.2. The maximum Gasteiger partial charge on any atom is 0.508 e. The molecule has 0 amide bonds. The van der Waals surface area contributed by atoms with Crippen LogP contribution >= 0.6 is 0 Å². The summed E-state index contributed by atoms with van der Waals surface area (Å²) >= 11 is 0. The largest absolute Gasteiger partial charge is 0.508 e. The molecule has 0 spiro atoms. The summed E-state index contributed by atoms with van der Waals surface area (Å²) in [5, 5.41) is 0. The molecule has 7 heteroatoms. The van der Waals surface area contributed by atoms with Crippen molar-refractivity contribution in [1.29, 1.82) is 0 Å². The fourth-order valence-electron chi connectivity index (χ4n) is 8.55. The van der Waals surface area contributed by atoms with E-state index in [0.29, 0.717) is 0 Å². The van der Waals surface area contributed by atoms with E-state index < -0.39 is 6.16 Å². The Hall–Kier alpha value is -2.51. The quantitative estimate of drug-likeness (QED) is 0.131. The molecule has 2 aliphatic rings. The molecule has 0 aliphatic heterocycles. The molecule has 2 aromatic rings. The number of aromatic nitrogens is 2. The van der Waals surface area contributed by atoms with Crippen LogP contribution in [-0.2, 0) is 22.3 Å². The van der Waals surface area contributed by atoms with Gasteiger partial charge in [-0.25, -0.2) is 4.79 Å². The summed E-state index contributed by atoms with van der Waals surface area (Å²) in [4.78, 5) is 28.6. The van der Waals surface area contributed by atoms with E-state index in [1.165, 1.54) is 11.1 Å². The Morgan fingerprint density at radius 2 is 1.06 bits per heavy atom. The molecule has 4 atom stereocenters. The predicted molar refractivity (Wildman–Crippen MR) is 196 cm³/mol.